The molecule has 18 heavy (non-hydrogen) atoms. The summed E-state index contributed by atoms with van der Waals surface area (Å²) in [5, 5.41) is 28.6. The smallest absolute Gasteiger partial charge is 0.193 e. The summed E-state index contributed by atoms with van der Waals surface area (Å²) in [5.74, 6) is -0.903. The molecule has 0 bridgehead atoms. The molecular formula is C13H16O5. The van der Waals surface area contributed by atoms with Gasteiger partial charge in [-0.3, -0.25) is 4.79 Å². The fraction of sp³-hybridized carbons (Fsp3) is 0.308. The number of carbonyl (C=O) groups excluding carboxylic acids is 1. The first kappa shape index (κ1) is 14.1. The zero-order valence-electron chi connectivity index (χ0n) is 10.3. The Kier molecular flexibility index (Phi) is 4.74. The Morgan fingerprint density at radius 1 is 1.44 bits per heavy atom. The summed E-state index contributed by atoms with van der Waals surface area (Å²) in [6.45, 7) is 1.43. The van der Waals surface area contributed by atoms with Crippen molar-refractivity contribution in [3.05, 3.63) is 29.3 Å². The van der Waals surface area contributed by atoms with Crippen molar-refractivity contribution in [1.82, 2.24) is 0 Å². The number of ether oxygens (including phenoxy) is 1. The van der Waals surface area contributed by atoms with Crippen molar-refractivity contribution in [2.24, 2.45) is 0 Å². The Bertz CT molecular complexity index is 477. The molecule has 0 atom stereocenters. The third-order valence-electron chi connectivity index (χ3n) is 2.49. The molecule has 5 heteroatoms. The van der Waals surface area contributed by atoms with Crippen molar-refractivity contribution in [1.29, 1.82) is 0 Å². The third kappa shape index (κ3) is 2.62. The fourth-order valence-corrected chi connectivity index (χ4v) is 1.66. The molecule has 0 saturated heterocycles. The third-order valence-corrected chi connectivity index (χ3v) is 2.49. The van der Waals surface area contributed by atoms with Gasteiger partial charge in [-0.2, -0.15) is 0 Å². The number of rotatable bonds is 5. The topological polar surface area (TPSA) is 87.0 Å². The fourth-order valence-electron chi connectivity index (χ4n) is 1.66. The summed E-state index contributed by atoms with van der Waals surface area (Å²) in [7, 11) is 1.34. The molecule has 0 radical (unpaired) electrons. The van der Waals surface area contributed by atoms with Crippen molar-refractivity contribution in [3.8, 4) is 17.2 Å². The summed E-state index contributed by atoms with van der Waals surface area (Å²) in [6, 6.07) is 1.25. The van der Waals surface area contributed by atoms with Crippen LogP contribution in [-0.2, 0) is 6.42 Å². The average Bonchev–Trinajstić information content (AvgIpc) is 2.33. The number of aliphatic hydroxyl groups excluding tert-OH is 1. The minimum Gasteiger partial charge on any atom is -0.507 e. The molecular weight excluding hydrogens is 236 g/mol. The summed E-state index contributed by atoms with van der Waals surface area (Å²) in [5.41, 5.74) is 0.114. The van der Waals surface area contributed by atoms with Crippen molar-refractivity contribution in [2.75, 3.05) is 13.7 Å². The zero-order valence-corrected chi connectivity index (χ0v) is 10.3. The maximum absolute atomic E-state index is 11.8. The van der Waals surface area contributed by atoms with Crippen LogP contribution in [0.4, 0.5) is 0 Å². The molecule has 0 heterocycles. The molecule has 1 aromatic carbocycles. The predicted octanol–water partition coefficient (Wildman–Crippen LogP) is 1.40. The second-order valence-corrected chi connectivity index (χ2v) is 3.64. The lowest BCUT2D eigenvalue weighted by atomic mass is 10.0. The van der Waals surface area contributed by atoms with Crippen LogP contribution in [0.15, 0.2) is 18.2 Å². The highest BCUT2D eigenvalue weighted by molar-refractivity contribution is 6.09. The van der Waals surface area contributed by atoms with E-state index in [1.54, 1.807) is 13.0 Å². The van der Waals surface area contributed by atoms with Gasteiger partial charge in [-0.15, -0.1) is 0 Å². The first-order valence-corrected chi connectivity index (χ1v) is 5.46. The average molecular weight is 252 g/mol. The van der Waals surface area contributed by atoms with Crippen LogP contribution in [0.25, 0.3) is 0 Å². The normalized spacial score (nSPS) is 10.8. The Morgan fingerprint density at radius 3 is 2.61 bits per heavy atom. The second-order valence-electron chi connectivity index (χ2n) is 3.64. The molecule has 98 valence electrons. The Hall–Kier alpha value is -2.01. The Balaban J connectivity index is 3.46. The van der Waals surface area contributed by atoms with E-state index in [2.05, 4.69) is 0 Å². The molecule has 0 unspecified atom stereocenters. The van der Waals surface area contributed by atoms with Crippen LogP contribution in [0.2, 0.25) is 0 Å². The van der Waals surface area contributed by atoms with E-state index in [4.69, 9.17) is 9.84 Å². The SMILES string of the molecule is C/C=C/C(=O)c1c(OC)cc(O)c(CCO)c1O. The number of phenols is 2. The van der Waals surface area contributed by atoms with E-state index >= 15 is 0 Å². The number of hydrogen-bond donors (Lipinski definition) is 3. The molecule has 0 spiro atoms. The van der Waals surface area contributed by atoms with Crippen molar-refractivity contribution in [3.63, 3.8) is 0 Å². The van der Waals surface area contributed by atoms with Gasteiger partial charge in [-0.05, 0) is 13.0 Å². The molecule has 0 saturated carbocycles. The largest absolute Gasteiger partial charge is 0.507 e. The first-order chi connectivity index (χ1) is 8.56. The van der Waals surface area contributed by atoms with E-state index in [0.29, 0.717) is 0 Å². The van der Waals surface area contributed by atoms with Gasteiger partial charge in [-0.25, -0.2) is 0 Å². The van der Waals surface area contributed by atoms with E-state index in [0.717, 1.165) is 0 Å². The Morgan fingerprint density at radius 2 is 2.11 bits per heavy atom. The summed E-state index contributed by atoms with van der Waals surface area (Å²) in [4.78, 5) is 11.8. The van der Waals surface area contributed by atoms with Gasteiger partial charge in [0.05, 0.1) is 7.11 Å². The Labute approximate surface area is 105 Å². The van der Waals surface area contributed by atoms with E-state index < -0.39 is 5.78 Å². The highest BCUT2D eigenvalue weighted by atomic mass is 16.5. The molecule has 1 rings (SSSR count). The van der Waals surface area contributed by atoms with Crippen molar-refractivity contribution >= 4 is 5.78 Å². The molecule has 0 aliphatic rings. The standard InChI is InChI=1S/C13H16O5/c1-3-4-9(15)12-11(18-2)7-10(16)8(5-6-14)13(12)17/h3-4,7,14,16-17H,5-6H2,1-2H3/b4-3+. The summed E-state index contributed by atoms with van der Waals surface area (Å²) >= 11 is 0. The van der Waals surface area contributed by atoms with Gasteiger partial charge < -0.3 is 20.1 Å². The van der Waals surface area contributed by atoms with Gasteiger partial charge in [0.2, 0.25) is 0 Å². The lowest BCUT2D eigenvalue weighted by molar-refractivity contribution is 0.104. The predicted molar refractivity (Wildman–Crippen MR) is 66.3 cm³/mol. The molecule has 0 aliphatic carbocycles. The van der Waals surface area contributed by atoms with Crippen LogP contribution in [0, 0.1) is 0 Å². The van der Waals surface area contributed by atoms with Crippen LogP contribution in [0.5, 0.6) is 17.2 Å². The van der Waals surface area contributed by atoms with E-state index in [1.165, 1.54) is 19.3 Å². The van der Waals surface area contributed by atoms with Crippen LogP contribution in [0.3, 0.4) is 0 Å². The number of hydrogen-bond acceptors (Lipinski definition) is 5. The van der Waals surface area contributed by atoms with Crippen LogP contribution in [-0.4, -0.2) is 34.8 Å². The van der Waals surface area contributed by atoms with E-state index in [1.807, 2.05) is 0 Å². The summed E-state index contributed by atoms with van der Waals surface area (Å²) in [6.07, 6.45) is 2.88. The number of aliphatic hydroxyl groups is 1. The number of benzene rings is 1. The molecule has 0 amide bonds. The van der Waals surface area contributed by atoms with E-state index in [-0.39, 0.29) is 41.4 Å². The maximum Gasteiger partial charge on any atom is 0.193 e. The van der Waals surface area contributed by atoms with Gasteiger partial charge in [0.1, 0.15) is 22.8 Å². The number of methoxy groups -OCH3 is 1. The van der Waals surface area contributed by atoms with Crippen LogP contribution >= 0.6 is 0 Å². The number of phenolic OH excluding ortho intramolecular Hbond substituents is 2. The highest BCUT2D eigenvalue weighted by Gasteiger charge is 2.21. The van der Waals surface area contributed by atoms with Gasteiger partial charge in [-0.1, -0.05) is 6.08 Å². The number of carbonyl (C=O) groups is 1. The van der Waals surface area contributed by atoms with Gasteiger partial charge in [0.25, 0.3) is 0 Å². The minimum atomic E-state index is -0.425. The lowest BCUT2D eigenvalue weighted by Crippen LogP contribution is -2.03. The van der Waals surface area contributed by atoms with Gasteiger partial charge in [0, 0.05) is 24.7 Å². The molecule has 0 aromatic heterocycles. The van der Waals surface area contributed by atoms with Crippen LogP contribution < -0.4 is 4.74 Å². The van der Waals surface area contributed by atoms with Crippen molar-refractivity contribution < 1.29 is 24.9 Å². The highest BCUT2D eigenvalue weighted by Crippen LogP contribution is 2.38. The summed E-state index contributed by atoms with van der Waals surface area (Å²) < 4.78 is 4.97. The lowest BCUT2D eigenvalue weighted by Gasteiger charge is -2.13. The van der Waals surface area contributed by atoms with Gasteiger partial charge in [0.15, 0.2) is 5.78 Å². The number of allylic oxidation sites excluding steroid dienone is 2. The first-order valence-electron chi connectivity index (χ1n) is 5.46. The maximum atomic E-state index is 11.8. The second kappa shape index (κ2) is 6.07. The molecule has 5 nitrogen and oxygen atoms in total. The number of ketones is 1. The van der Waals surface area contributed by atoms with E-state index in [9.17, 15) is 15.0 Å². The quantitative estimate of drug-likeness (QED) is 0.544. The minimum absolute atomic E-state index is 0.0168. The monoisotopic (exact) mass is 252 g/mol. The molecule has 1 aromatic rings. The molecule has 0 aliphatic heterocycles. The molecule has 0 fully saturated rings. The van der Waals surface area contributed by atoms with Crippen molar-refractivity contribution in [2.45, 2.75) is 13.3 Å². The zero-order chi connectivity index (χ0) is 13.7. The van der Waals surface area contributed by atoms with Crippen LogP contribution in [0.1, 0.15) is 22.8 Å². The molecule has 3 N–H and O–H groups in total. The van der Waals surface area contributed by atoms with Gasteiger partial charge >= 0.3 is 0 Å². The number of aromatic hydroxyl groups is 2.